The van der Waals surface area contributed by atoms with Crippen LogP contribution in [0, 0.1) is 0 Å². The number of halogens is 1. The quantitative estimate of drug-likeness (QED) is 0.617. The fourth-order valence-corrected chi connectivity index (χ4v) is 1.23. The minimum absolute atomic E-state index is 0.129. The molecule has 0 saturated carbocycles. The Morgan fingerprint density at radius 1 is 1.43 bits per heavy atom. The number of benzene rings is 1. The first-order valence-corrected chi connectivity index (χ1v) is 4.39. The van der Waals surface area contributed by atoms with Gasteiger partial charge in [0.15, 0.2) is 5.78 Å². The second-order valence-corrected chi connectivity index (χ2v) is 3.40. The Morgan fingerprint density at radius 2 is 2.07 bits per heavy atom. The van der Waals surface area contributed by atoms with Crippen molar-refractivity contribution in [2.24, 2.45) is 0 Å². The highest BCUT2D eigenvalue weighted by molar-refractivity contribution is 6.30. The third-order valence-corrected chi connectivity index (χ3v) is 1.90. The highest BCUT2D eigenvalue weighted by Gasteiger charge is 2.12. The van der Waals surface area contributed by atoms with Gasteiger partial charge in [-0.2, -0.15) is 0 Å². The van der Waals surface area contributed by atoms with Gasteiger partial charge in [-0.3, -0.25) is 9.59 Å². The topological polar surface area (TPSA) is 54.4 Å². The molecular formula is C10H9ClO3. The smallest absolute Gasteiger partial charge is 0.173 e. The molecule has 74 valence electrons. The van der Waals surface area contributed by atoms with E-state index in [4.69, 9.17) is 11.6 Å². The summed E-state index contributed by atoms with van der Waals surface area (Å²) in [7, 11) is 0. The second kappa shape index (κ2) is 4.24. The van der Waals surface area contributed by atoms with E-state index >= 15 is 0 Å². The van der Waals surface area contributed by atoms with Crippen LogP contribution in [0.5, 0.6) is 5.75 Å². The van der Waals surface area contributed by atoms with Gasteiger partial charge in [-0.15, -0.1) is 0 Å². The van der Waals surface area contributed by atoms with E-state index in [1.54, 1.807) is 0 Å². The summed E-state index contributed by atoms with van der Waals surface area (Å²) in [5, 5.41) is 9.71. The first kappa shape index (κ1) is 10.7. The van der Waals surface area contributed by atoms with Gasteiger partial charge in [0.2, 0.25) is 0 Å². The van der Waals surface area contributed by atoms with Crippen molar-refractivity contribution >= 4 is 23.2 Å². The van der Waals surface area contributed by atoms with Crippen molar-refractivity contribution in [3.8, 4) is 5.75 Å². The molecule has 0 amide bonds. The van der Waals surface area contributed by atoms with Crippen LogP contribution in [-0.2, 0) is 4.79 Å². The number of rotatable bonds is 3. The Kier molecular flexibility index (Phi) is 3.25. The van der Waals surface area contributed by atoms with Gasteiger partial charge >= 0.3 is 0 Å². The van der Waals surface area contributed by atoms with Gasteiger partial charge < -0.3 is 5.11 Å². The Hall–Kier alpha value is -1.35. The molecule has 0 aliphatic carbocycles. The van der Waals surface area contributed by atoms with E-state index < -0.39 is 5.78 Å². The number of carbonyl (C=O) groups excluding carboxylic acids is 2. The molecule has 0 fully saturated rings. The third kappa shape index (κ3) is 2.57. The van der Waals surface area contributed by atoms with Crippen LogP contribution >= 0.6 is 11.6 Å². The highest BCUT2D eigenvalue weighted by Crippen LogP contribution is 2.22. The number of phenols is 1. The van der Waals surface area contributed by atoms with Crippen molar-refractivity contribution in [3.63, 3.8) is 0 Å². The van der Waals surface area contributed by atoms with Crippen molar-refractivity contribution in [2.75, 3.05) is 0 Å². The number of aromatic hydroxyl groups is 1. The molecule has 0 radical (unpaired) electrons. The average molecular weight is 213 g/mol. The van der Waals surface area contributed by atoms with E-state index in [2.05, 4.69) is 0 Å². The van der Waals surface area contributed by atoms with Gasteiger partial charge in [0.05, 0.1) is 12.0 Å². The molecule has 4 heteroatoms. The van der Waals surface area contributed by atoms with E-state index in [1.807, 2.05) is 0 Å². The van der Waals surface area contributed by atoms with Crippen molar-refractivity contribution < 1.29 is 14.7 Å². The van der Waals surface area contributed by atoms with Gasteiger partial charge in [-0.25, -0.2) is 0 Å². The molecule has 1 aromatic carbocycles. The van der Waals surface area contributed by atoms with Crippen LogP contribution in [0.15, 0.2) is 18.2 Å². The molecule has 0 heterocycles. The van der Waals surface area contributed by atoms with Crippen molar-refractivity contribution in [3.05, 3.63) is 28.8 Å². The molecule has 0 atom stereocenters. The zero-order chi connectivity index (χ0) is 10.7. The normalized spacial score (nSPS) is 9.86. The summed E-state index contributed by atoms with van der Waals surface area (Å²) >= 11 is 5.59. The van der Waals surface area contributed by atoms with Gasteiger partial charge in [-0.1, -0.05) is 11.6 Å². The van der Waals surface area contributed by atoms with Crippen molar-refractivity contribution in [2.45, 2.75) is 13.3 Å². The van der Waals surface area contributed by atoms with E-state index in [1.165, 1.54) is 25.1 Å². The maximum absolute atomic E-state index is 11.4. The van der Waals surface area contributed by atoms with Crippen LogP contribution in [0.2, 0.25) is 5.02 Å². The number of hydrogen-bond acceptors (Lipinski definition) is 3. The van der Waals surface area contributed by atoms with Gasteiger partial charge in [0.25, 0.3) is 0 Å². The minimum Gasteiger partial charge on any atom is -0.507 e. The lowest BCUT2D eigenvalue weighted by Crippen LogP contribution is -2.04. The van der Waals surface area contributed by atoms with Crippen LogP contribution in [-0.4, -0.2) is 16.7 Å². The lowest BCUT2D eigenvalue weighted by Gasteiger charge is -2.02. The van der Waals surface area contributed by atoms with Crippen LogP contribution in [0.4, 0.5) is 0 Å². The Morgan fingerprint density at radius 3 is 2.57 bits per heavy atom. The van der Waals surface area contributed by atoms with Gasteiger partial charge in [0.1, 0.15) is 11.5 Å². The van der Waals surface area contributed by atoms with E-state index in [0.717, 1.165) is 0 Å². The summed E-state index contributed by atoms with van der Waals surface area (Å²) < 4.78 is 0. The van der Waals surface area contributed by atoms with Crippen LogP contribution in [0.25, 0.3) is 0 Å². The predicted octanol–water partition coefficient (Wildman–Crippen LogP) is 2.21. The van der Waals surface area contributed by atoms with Crippen molar-refractivity contribution in [1.29, 1.82) is 0 Å². The maximum atomic E-state index is 11.4. The fourth-order valence-electron chi connectivity index (χ4n) is 1.06. The molecule has 14 heavy (non-hydrogen) atoms. The molecule has 1 aromatic rings. The molecule has 0 bridgehead atoms. The highest BCUT2D eigenvalue weighted by atomic mass is 35.5. The molecule has 0 aliphatic rings. The van der Waals surface area contributed by atoms with Crippen molar-refractivity contribution in [1.82, 2.24) is 0 Å². The Labute approximate surface area is 86.3 Å². The first-order chi connectivity index (χ1) is 6.50. The summed E-state index contributed by atoms with van der Waals surface area (Å²) in [6.07, 6.45) is -0.199. The molecule has 0 unspecified atom stereocenters. The number of carbonyl (C=O) groups is 2. The summed E-state index contributed by atoms with van der Waals surface area (Å²) in [4.78, 5) is 22.0. The zero-order valence-electron chi connectivity index (χ0n) is 7.58. The largest absolute Gasteiger partial charge is 0.507 e. The van der Waals surface area contributed by atoms with Gasteiger partial charge in [0, 0.05) is 5.02 Å². The standard InChI is InChI=1S/C10H9ClO3/c1-6(12)4-9(13)8-3-2-7(11)5-10(8)14/h2-3,5,14H,4H2,1H3. The van der Waals surface area contributed by atoms with E-state index in [0.29, 0.717) is 5.02 Å². The molecule has 0 spiro atoms. The summed E-state index contributed by atoms with van der Waals surface area (Å²) in [6, 6.07) is 4.17. The Bertz CT molecular complexity index is 385. The molecular weight excluding hydrogens is 204 g/mol. The molecule has 1 N–H and O–H groups in total. The summed E-state index contributed by atoms with van der Waals surface area (Å²) in [6.45, 7) is 1.32. The maximum Gasteiger partial charge on any atom is 0.173 e. The van der Waals surface area contributed by atoms with Gasteiger partial charge in [-0.05, 0) is 25.1 Å². The average Bonchev–Trinajstić information content (AvgIpc) is 2.01. The molecule has 1 rings (SSSR count). The Balaban J connectivity index is 2.96. The van der Waals surface area contributed by atoms with E-state index in [9.17, 15) is 14.7 Å². The molecule has 0 aromatic heterocycles. The molecule has 0 saturated heterocycles. The molecule has 0 aliphatic heterocycles. The fraction of sp³-hybridized carbons (Fsp3) is 0.200. The number of Topliss-reactive ketones (excluding diaryl/α,β-unsaturated/α-hetero) is 2. The lowest BCUT2D eigenvalue weighted by atomic mass is 10.1. The number of hydrogen-bond donors (Lipinski definition) is 1. The number of ketones is 2. The van der Waals surface area contributed by atoms with Crippen LogP contribution in [0.1, 0.15) is 23.7 Å². The predicted molar refractivity (Wildman–Crippen MR) is 52.7 cm³/mol. The molecule has 3 nitrogen and oxygen atoms in total. The summed E-state index contributed by atoms with van der Waals surface area (Å²) in [5.41, 5.74) is 0.129. The second-order valence-electron chi connectivity index (χ2n) is 2.96. The first-order valence-electron chi connectivity index (χ1n) is 4.02. The third-order valence-electron chi connectivity index (χ3n) is 1.67. The van der Waals surface area contributed by atoms with Crippen LogP contribution in [0.3, 0.4) is 0 Å². The monoisotopic (exact) mass is 212 g/mol. The minimum atomic E-state index is -0.397. The zero-order valence-corrected chi connectivity index (χ0v) is 8.34. The van der Waals surface area contributed by atoms with Crippen LogP contribution < -0.4 is 0 Å². The van der Waals surface area contributed by atoms with E-state index in [-0.39, 0.29) is 23.5 Å². The number of phenolic OH excluding ortho intramolecular Hbond substituents is 1. The lowest BCUT2D eigenvalue weighted by molar-refractivity contribution is -0.116. The SMILES string of the molecule is CC(=O)CC(=O)c1ccc(Cl)cc1O. The summed E-state index contributed by atoms with van der Waals surface area (Å²) in [5.74, 6) is -0.820.